The Morgan fingerprint density at radius 1 is 0.627 bits per heavy atom. The third-order valence-corrected chi connectivity index (χ3v) is 9.02. The van der Waals surface area contributed by atoms with E-state index >= 15 is 0 Å². The van der Waals surface area contributed by atoms with E-state index in [1.807, 2.05) is 21.1 Å². The number of nitrogens with zero attached hydrogens (tertiary/aromatic N) is 1. The number of ether oxygens (including phenoxy) is 2. The minimum absolute atomic E-state index is 0.0154. The Balaban J connectivity index is 4.37. The van der Waals surface area contributed by atoms with Gasteiger partial charge in [-0.25, -0.2) is 0 Å². The summed E-state index contributed by atoms with van der Waals surface area (Å²) in [7, 11) is 1.32. The van der Waals surface area contributed by atoms with Crippen LogP contribution in [0.1, 0.15) is 142 Å². The number of rotatable bonds is 36. The van der Waals surface area contributed by atoms with Crippen LogP contribution >= 0.6 is 7.82 Å². The minimum atomic E-state index is -4.53. The van der Waals surface area contributed by atoms with E-state index in [0.29, 0.717) is 24.1 Å². The average molecular weight is 738 g/mol. The molecule has 0 fully saturated rings. The Morgan fingerprint density at radius 2 is 1.14 bits per heavy atom. The molecular formula is C42H76NO7P. The van der Waals surface area contributed by atoms with Gasteiger partial charge in [0.15, 0.2) is 0 Å². The zero-order chi connectivity index (χ0) is 37.7. The molecule has 0 amide bonds. The maximum Gasteiger partial charge on any atom is 0.306 e. The van der Waals surface area contributed by atoms with Crippen LogP contribution in [0, 0.1) is 0 Å². The van der Waals surface area contributed by atoms with Crippen molar-refractivity contribution in [2.24, 2.45) is 0 Å². The molecule has 0 rings (SSSR count). The van der Waals surface area contributed by atoms with Gasteiger partial charge in [-0.3, -0.25) is 9.36 Å². The quantitative estimate of drug-likeness (QED) is 0.0208. The third kappa shape index (κ3) is 39.2. The molecule has 0 aromatic heterocycles. The lowest BCUT2D eigenvalue weighted by atomic mass is 10.1. The van der Waals surface area contributed by atoms with Gasteiger partial charge in [-0.1, -0.05) is 120 Å². The van der Waals surface area contributed by atoms with Gasteiger partial charge in [0.05, 0.1) is 34.4 Å². The van der Waals surface area contributed by atoms with Gasteiger partial charge in [0.1, 0.15) is 19.3 Å². The lowest BCUT2D eigenvalue weighted by molar-refractivity contribution is -0.870. The molecule has 296 valence electrons. The van der Waals surface area contributed by atoms with Gasteiger partial charge in [0.25, 0.3) is 7.82 Å². The van der Waals surface area contributed by atoms with Gasteiger partial charge in [-0.2, -0.15) is 0 Å². The summed E-state index contributed by atoms with van der Waals surface area (Å²) in [5.41, 5.74) is 0. The zero-order valence-corrected chi connectivity index (χ0v) is 34.2. The first-order valence-corrected chi connectivity index (χ1v) is 21.5. The highest BCUT2D eigenvalue weighted by Gasteiger charge is 2.20. The fourth-order valence-electron chi connectivity index (χ4n) is 4.94. The summed E-state index contributed by atoms with van der Waals surface area (Å²) in [6, 6.07) is 0. The summed E-state index contributed by atoms with van der Waals surface area (Å²) in [6.07, 6.45) is 42.3. The summed E-state index contributed by atoms with van der Waals surface area (Å²) < 4.78 is 34.4. The Morgan fingerprint density at radius 3 is 1.73 bits per heavy atom. The number of phosphoric acid groups is 1. The number of carbonyl (C=O) groups excluding carboxylic acids is 1. The number of hydrogen-bond acceptors (Lipinski definition) is 7. The van der Waals surface area contributed by atoms with Gasteiger partial charge in [-0.05, 0) is 77.0 Å². The van der Waals surface area contributed by atoms with E-state index in [-0.39, 0.29) is 25.8 Å². The second kappa shape index (κ2) is 35.2. The highest BCUT2D eigenvalue weighted by molar-refractivity contribution is 7.45. The lowest BCUT2D eigenvalue weighted by Gasteiger charge is -2.28. The molecule has 0 heterocycles. The monoisotopic (exact) mass is 738 g/mol. The van der Waals surface area contributed by atoms with Crippen molar-refractivity contribution in [3.05, 3.63) is 60.8 Å². The standard InChI is InChI=1S/C42H76NO7P/c1-6-8-10-12-14-16-18-20-21-22-24-26-28-30-32-34-37-47-39-41(40-49-51(45,46)48-38-36-43(3,4)5)50-42(44)35-33-31-29-27-25-23-19-17-15-13-11-9-7-2/h8,10,14,16-17,19-21,24,26,41H,6-7,9,11-13,15,18,22-23,25,27-40H2,1-5H3/b10-8-,16-14-,19-17-,21-20-,26-24-. The SMILES string of the molecule is CC/C=C\C/C=C\C/C=C\C/C=C\CCCCCOCC(COP(=O)([O-])OCC[N+](C)(C)C)OC(=O)CCCCCCC/C=C\CCCCCC. The number of allylic oxidation sites excluding steroid dienone is 10. The topological polar surface area (TPSA) is 94.1 Å². The molecule has 0 bridgehead atoms. The molecule has 0 radical (unpaired) electrons. The highest BCUT2D eigenvalue weighted by atomic mass is 31.2. The maximum absolute atomic E-state index is 12.6. The Hall–Kier alpha value is -1.80. The molecule has 8 nitrogen and oxygen atoms in total. The van der Waals surface area contributed by atoms with Crippen molar-refractivity contribution in [1.82, 2.24) is 0 Å². The molecule has 0 aliphatic rings. The molecule has 0 N–H and O–H groups in total. The molecule has 0 saturated carbocycles. The normalized spacial score (nSPS) is 14.5. The molecule has 0 spiro atoms. The molecule has 9 heteroatoms. The van der Waals surface area contributed by atoms with E-state index in [2.05, 4.69) is 74.6 Å². The Bertz CT molecular complexity index is 1000. The Kier molecular flexibility index (Phi) is 34.0. The maximum atomic E-state index is 12.6. The Labute approximate surface area is 313 Å². The fraction of sp³-hybridized carbons (Fsp3) is 0.738. The minimum Gasteiger partial charge on any atom is -0.756 e. The van der Waals surface area contributed by atoms with Crippen LogP contribution in [0.3, 0.4) is 0 Å². The van der Waals surface area contributed by atoms with Gasteiger partial charge < -0.3 is 27.9 Å². The van der Waals surface area contributed by atoms with Crippen molar-refractivity contribution in [3.63, 3.8) is 0 Å². The second-order valence-electron chi connectivity index (χ2n) is 14.3. The number of hydrogen-bond donors (Lipinski definition) is 0. The molecule has 2 atom stereocenters. The van der Waals surface area contributed by atoms with Gasteiger partial charge >= 0.3 is 5.97 Å². The predicted octanol–water partition coefficient (Wildman–Crippen LogP) is 10.7. The molecule has 0 aromatic rings. The zero-order valence-electron chi connectivity index (χ0n) is 33.3. The highest BCUT2D eigenvalue weighted by Crippen LogP contribution is 2.38. The average Bonchev–Trinajstić information content (AvgIpc) is 3.08. The smallest absolute Gasteiger partial charge is 0.306 e. The second-order valence-corrected chi connectivity index (χ2v) is 15.7. The number of phosphoric ester groups is 1. The van der Waals surface area contributed by atoms with E-state index < -0.39 is 13.9 Å². The van der Waals surface area contributed by atoms with Crippen molar-refractivity contribution in [3.8, 4) is 0 Å². The van der Waals surface area contributed by atoms with E-state index in [1.165, 1.54) is 38.5 Å². The van der Waals surface area contributed by atoms with Crippen LogP contribution in [0.4, 0.5) is 0 Å². The summed E-state index contributed by atoms with van der Waals surface area (Å²) >= 11 is 0. The molecule has 0 aromatic carbocycles. The summed E-state index contributed by atoms with van der Waals surface area (Å²) in [4.78, 5) is 24.9. The van der Waals surface area contributed by atoms with Crippen molar-refractivity contribution >= 4 is 13.8 Å². The third-order valence-electron chi connectivity index (χ3n) is 8.05. The van der Waals surface area contributed by atoms with E-state index in [0.717, 1.165) is 83.5 Å². The molecule has 51 heavy (non-hydrogen) atoms. The van der Waals surface area contributed by atoms with Crippen LogP contribution in [0.2, 0.25) is 0 Å². The molecule has 0 aliphatic heterocycles. The summed E-state index contributed by atoms with van der Waals surface area (Å²) in [5, 5.41) is 0. The van der Waals surface area contributed by atoms with Gasteiger partial charge in [-0.15, -0.1) is 0 Å². The molecular weight excluding hydrogens is 661 g/mol. The number of quaternary nitrogens is 1. The predicted molar refractivity (Wildman–Crippen MR) is 212 cm³/mol. The first-order chi connectivity index (χ1) is 24.6. The van der Waals surface area contributed by atoms with E-state index in [4.69, 9.17) is 18.5 Å². The first-order valence-electron chi connectivity index (χ1n) is 20.0. The van der Waals surface area contributed by atoms with Crippen LogP contribution in [-0.4, -0.2) is 70.7 Å². The van der Waals surface area contributed by atoms with Crippen LogP contribution in [0.5, 0.6) is 0 Å². The van der Waals surface area contributed by atoms with Gasteiger partial charge in [0, 0.05) is 13.0 Å². The summed E-state index contributed by atoms with van der Waals surface area (Å²) in [6.45, 7) is 5.16. The van der Waals surface area contributed by atoms with Crippen molar-refractivity contribution in [1.29, 1.82) is 0 Å². The number of esters is 1. The fourth-order valence-corrected chi connectivity index (χ4v) is 5.67. The molecule has 2 unspecified atom stereocenters. The summed E-state index contributed by atoms with van der Waals surface area (Å²) in [5.74, 6) is -0.359. The van der Waals surface area contributed by atoms with Crippen LogP contribution in [-0.2, 0) is 27.9 Å². The van der Waals surface area contributed by atoms with Crippen LogP contribution in [0.15, 0.2) is 60.8 Å². The van der Waals surface area contributed by atoms with Crippen molar-refractivity contribution < 1.29 is 37.3 Å². The first kappa shape index (κ1) is 49.2. The lowest BCUT2D eigenvalue weighted by Crippen LogP contribution is -2.37. The van der Waals surface area contributed by atoms with Crippen molar-refractivity contribution in [2.45, 2.75) is 148 Å². The van der Waals surface area contributed by atoms with Crippen molar-refractivity contribution in [2.75, 3.05) is 54.1 Å². The number of unbranched alkanes of at least 4 members (excludes halogenated alkanes) is 12. The van der Waals surface area contributed by atoms with Crippen LogP contribution in [0.25, 0.3) is 0 Å². The van der Waals surface area contributed by atoms with E-state index in [9.17, 15) is 14.3 Å². The van der Waals surface area contributed by atoms with Gasteiger partial charge in [0.2, 0.25) is 0 Å². The van der Waals surface area contributed by atoms with E-state index in [1.54, 1.807) is 0 Å². The number of carbonyl (C=O) groups is 1. The van der Waals surface area contributed by atoms with Crippen LogP contribution < -0.4 is 4.89 Å². The number of likely N-dealkylation sites (N-methyl/N-ethyl adjacent to an activating group) is 1. The molecule has 0 saturated heterocycles. The largest absolute Gasteiger partial charge is 0.756 e. The molecule has 0 aliphatic carbocycles.